The number of nitrogens with two attached hydrogens (primary N) is 1. The third-order valence-corrected chi connectivity index (χ3v) is 4.98. The van der Waals surface area contributed by atoms with Gasteiger partial charge < -0.3 is 11.1 Å². The summed E-state index contributed by atoms with van der Waals surface area (Å²) in [6.07, 6.45) is 1.29. The molecule has 3 nitrogen and oxygen atoms in total. The molecule has 108 valence electrons. The second-order valence-corrected chi connectivity index (χ2v) is 6.82. The minimum atomic E-state index is -0.788. The van der Waals surface area contributed by atoms with E-state index in [0.717, 1.165) is 0 Å². The zero-order valence-electron chi connectivity index (χ0n) is 10.7. The lowest BCUT2D eigenvalue weighted by Gasteiger charge is -2.44. The number of nitrogens with one attached hydrogen (secondary N) is 1. The van der Waals surface area contributed by atoms with E-state index in [1.165, 1.54) is 12.1 Å². The molecule has 0 bridgehead atoms. The van der Waals surface area contributed by atoms with Crippen LogP contribution in [0.5, 0.6) is 0 Å². The van der Waals surface area contributed by atoms with Gasteiger partial charge in [-0.1, -0.05) is 53.9 Å². The Morgan fingerprint density at radius 3 is 2.35 bits per heavy atom. The van der Waals surface area contributed by atoms with Crippen molar-refractivity contribution in [2.75, 3.05) is 5.32 Å². The Morgan fingerprint density at radius 1 is 1.30 bits per heavy atom. The number of amides is 1. The summed E-state index contributed by atoms with van der Waals surface area (Å²) in [5.41, 5.74) is 5.35. The highest BCUT2D eigenvalue weighted by atomic mass is 35.5. The van der Waals surface area contributed by atoms with E-state index in [-0.39, 0.29) is 10.9 Å². The van der Waals surface area contributed by atoms with Gasteiger partial charge in [-0.2, -0.15) is 0 Å². The quantitative estimate of drug-likeness (QED) is 0.631. The van der Waals surface area contributed by atoms with Gasteiger partial charge in [-0.3, -0.25) is 4.79 Å². The van der Waals surface area contributed by atoms with Crippen LogP contribution in [0.15, 0.2) is 12.1 Å². The van der Waals surface area contributed by atoms with Crippen molar-refractivity contribution in [3.05, 3.63) is 27.2 Å². The maximum Gasteiger partial charge on any atom is 0.237 e. The Morgan fingerprint density at radius 2 is 1.85 bits per heavy atom. The Balaban J connectivity index is 2.24. The largest absolute Gasteiger partial charge is 0.392 e. The molecule has 2 rings (SSSR count). The highest BCUT2D eigenvalue weighted by molar-refractivity contribution is 7.80. The van der Waals surface area contributed by atoms with Gasteiger partial charge in [0.1, 0.15) is 0 Å². The van der Waals surface area contributed by atoms with Crippen molar-refractivity contribution in [1.29, 1.82) is 0 Å². The second-order valence-electron chi connectivity index (χ2n) is 5.16. The van der Waals surface area contributed by atoms with Crippen molar-refractivity contribution < 1.29 is 4.79 Å². The number of hydrogen-bond acceptors (Lipinski definition) is 2. The van der Waals surface area contributed by atoms with E-state index < -0.39 is 5.41 Å². The van der Waals surface area contributed by atoms with Gasteiger partial charge in [0.15, 0.2) is 0 Å². The van der Waals surface area contributed by atoms with Crippen LogP contribution in [0.1, 0.15) is 19.8 Å². The van der Waals surface area contributed by atoms with Crippen molar-refractivity contribution in [2.24, 2.45) is 17.1 Å². The number of hydrogen-bond donors (Lipinski definition) is 2. The SMILES string of the molecule is CC1CC(C(=O)Nc2cc(Cl)c(Cl)cc2Cl)(C(N)=S)C1. The maximum absolute atomic E-state index is 12.4. The van der Waals surface area contributed by atoms with Crippen LogP contribution in [0.4, 0.5) is 5.69 Å². The molecular weight excluding hydrogens is 339 g/mol. The average molecular weight is 352 g/mol. The topological polar surface area (TPSA) is 55.1 Å². The van der Waals surface area contributed by atoms with E-state index in [9.17, 15) is 4.79 Å². The van der Waals surface area contributed by atoms with Gasteiger partial charge in [0, 0.05) is 0 Å². The average Bonchev–Trinajstić information content (AvgIpc) is 2.31. The molecule has 0 saturated heterocycles. The first-order chi connectivity index (χ1) is 9.26. The lowest BCUT2D eigenvalue weighted by molar-refractivity contribution is -0.127. The van der Waals surface area contributed by atoms with Crippen molar-refractivity contribution in [3.8, 4) is 0 Å². The molecule has 0 aromatic heterocycles. The van der Waals surface area contributed by atoms with E-state index >= 15 is 0 Å². The molecule has 0 atom stereocenters. The first-order valence-electron chi connectivity index (χ1n) is 6.02. The molecule has 0 radical (unpaired) electrons. The third-order valence-electron chi connectivity index (χ3n) is 3.56. The molecular formula is C13H13Cl3N2OS. The minimum absolute atomic E-state index is 0.212. The zero-order chi connectivity index (χ0) is 15.1. The fourth-order valence-corrected chi connectivity index (χ4v) is 3.34. The Kier molecular flexibility index (Phi) is 4.50. The number of thiocarbonyl (C=S) groups is 1. The molecule has 0 heterocycles. The van der Waals surface area contributed by atoms with Crippen LogP contribution < -0.4 is 11.1 Å². The second kappa shape index (κ2) is 5.68. The van der Waals surface area contributed by atoms with Crippen molar-refractivity contribution in [2.45, 2.75) is 19.8 Å². The molecule has 7 heteroatoms. The highest BCUT2D eigenvalue weighted by Gasteiger charge is 2.50. The number of halogens is 3. The maximum atomic E-state index is 12.4. The lowest BCUT2D eigenvalue weighted by Crippen LogP contribution is -2.53. The van der Waals surface area contributed by atoms with E-state index in [4.69, 9.17) is 52.8 Å². The molecule has 1 aliphatic carbocycles. The summed E-state index contributed by atoms with van der Waals surface area (Å²) in [5, 5.41) is 3.71. The Bertz CT molecular complexity index is 585. The van der Waals surface area contributed by atoms with Gasteiger partial charge in [0.2, 0.25) is 5.91 Å². The van der Waals surface area contributed by atoms with Crippen LogP contribution in [0.25, 0.3) is 0 Å². The fourth-order valence-electron chi connectivity index (χ4n) is 2.49. The number of carbonyl (C=O) groups excluding carboxylic acids is 1. The molecule has 0 unspecified atom stereocenters. The number of anilines is 1. The summed E-state index contributed by atoms with van der Waals surface area (Å²) in [5.74, 6) is 0.176. The Labute approximate surface area is 137 Å². The molecule has 1 aliphatic rings. The molecule has 1 fully saturated rings. The van der Waals surface area contributed by atoms with E-state index in [0.29, 0.717) is 39.5 Å². The first kappa shape index (κ1) is 15.8. The third kappa shape index (κ3) is 2.75. The van der Waals surface area contributed by atoms with Crippen LogP contribution in [0.2, 0.25) is 15.1 Å². The summed E-state index contributed by atoms with van der Waals surface area (Å²) in [7, 11) is 0. The molecule has 1 aromatic carbocycles. The molecule has 0 aliphatic heterocycles. The monoisotopic (exact) mass is 350 g/mol. The molecule has 0 spiro atoms. The first-order valence-corrected chi connectivity index (χ1v) is 7.56. The summed E-state index contributed by atoms with van der Waals surface area (Å²) in [4.78, 5) is 12.7. The van der Waals surface area contributed by atoms with Gasteiger partial charge in [0.25, 0.3) is 0 Å². The normalized spacial score (nSPS) is 24.9. The fraction of sp³-hybridized carbons (Fsp3) is 0.385. The predicted molar refractivity (Wildman–Crippen MR) is 87.7 cm³/mol. The lowest BCUT2D eigenvalue weighted by atomic mass is 9.62. The van der Waals surface area contributed by atoms with Crippen LogP contribution in [0, 0.1) is 11.3 Å². The molecule has 20 heavy (non-hydrogen) atoms. The molecule has 3 N–H and O–H groups in total. The minimum Gasteiger partial charge on any atom is -0.392 e. The van der Waals surface area contributed by atoms with Crippen LogP contribution in [-0.2, 0) is 4.79 Å². The van der Waals surface area contributed by atoms with Gasteiger partial charge in [0.05, 0.1) is 31.2 Å². The van der Waals surface area contributed by atoms with Gasteiger partial charge in [-0.05, 0) is 30.9 Å². The van der Waals surface area contributed by atoms with Crippen molar-refractivity contribution in [3.63, 3.8) is 0 Å². The number of carbonyl (C=O) groups is 1. The smallest absolute Gasteiger partial charge is 0.237 e. The molecule has 1 saturated carbocycles. The van der Waals surface area contributed by atoms with Gasteiger partial charge in [-0.25, -0.2) is 0 Å². The zero-order valence-corrected chi connectivity index (χ0v) is 13.8. The summed E-state index contributed by atoms with van der Waals surface area (Å²) in [6, 6.07) is 3.00. The Hall–Kier alpha value is -0.550. The van der Waals surface area contributed by atoms with Crippen molar-refractivity contribution >= 4 is 63.6 Å². The summed E-state index contributed by atoms with van der Waals surface area (Å²) >= 11 is 22.9. The highest BCUT2D eigenvalue weighted by Crippen LogP contribution is 2.47. The summed E-state index contributed by atoms with van der Waals surface area (Å²) in [6.45, 7) is 2.05. The van der Waals surface area contributed by atoms with Gasteiger partial charge >= 0.3 is 0 Å². The molecule has 1 aromatic rings. The number of benzene rings is 1. The van der Waals surface area contributed by atoms with E-state index in [2.05, 4.69) is 12.2 Å². The van der Waals surface area contributed by atoms with E-state index in [1.54, 1.807) is 0 Å². The number of rotatable bonds is 3. The standard InChI is InChI=1S/C13H13Cl3N2OS/c1-6-4-13(5-6,11(17)20)12(19)18-10-3-8(15)7(14)2-9(10)16/h2-3,6H,4-5H2,1H3,(H2,17,20)(H,18,19). The predicted octanol–water partition coefficient (Wildman–Crippen LogP) is 4.29. The van der Waals surface area contributed by atoms with Gasteiger partial charge in [-0.15, -0.1) is 0 Å². The summed E-state index contributed by atoms with van der Waals surface area (Å²) < 4.78 is 0. The van der Waals surface area contributed by atoms with E-state index in [1.807, 2.05) is 0 Å². The van der Waals surface area contributed by atoms with Crippen LogP contribution >= 0.6 is 47.0 Å². The van der Waals surface area contributed by atoms with Crippen LogP contribution in [0.3, 0.4) is 0 Å². The van der Waals surface area contributed by atoms with Crippen molar-refractivity contribution in [1.82, 2.24) is 0 Å². The molecule has 1 amide bonds. The van der Waals surface area contributed by atoms with Crippen LogP contribution in [-0.4, -0.2) is 10.9 Å².